The predicted octanol–water partition coefficient (Wildman–Crippen LogP) is 3.07. The normalized spacial score (nSPS) is 10.4. The van der Waals surface area contributed by atoms with Crippen LogP contribution in [-0.4, -0.2) is 25.7 Å². The second-order valence-corrected chi connectivity index (χ2v) is 3.98. The van der Waals surface area contributed by atoms with Gasteiger partial charge in [-0.3, -0.25) is 4.98 Å². The van der Waals surface area contributed by atoms with Gasteiger partial charge in [0.05, 0.1) is 19.6 Å². The Morgan fingerprint density at radius 2 is 1.83 bits per heavy atom. The van der Waals surface area contributed by atoms with Gasteiger partial charge in [0.2, 0.25) is 0 Å². The van der Waals surface area contributed by atoms with E-state index in [1.54, 1.807) is 20.4 Å². The highest BCUT2D eigenvalue weighted by atomic mass is 16.5. The van der Waals surface area contributed by atoms with E-state index in [0.717, 1.165) is 41.1 Å². The van der Waals surface area contributed by atoms with Crippen LogP contribution in [0.4, 0.5) is 5.69 Å². The Morgan fingerprint density at radius 3 is 2.50 bits per heavy atom. The van der Waals surface area contributed by atoms with Crippen molar-refractivity contribution >= 4 is 16.6 Å². The van der Waals surface area contributed by atoms with Gasteiger partial charge in [-0.2, -0.15) is 0 Å². The number of hydrogen-bond acceptors (Lipinski definition) is 4. The van der Waals surface area contributed by atoms with Crippen LogP contribution in [-0.2, 0) is 0 Å². The molecule has 1 N–H and O–H groups in total. The van der Waals surface area contributed by atoms with Crippen molar-refractivity contribution in [2.24, 2.45) is 0 Å². The summed E-state index contributed by atoms with van der Waals surface area (Å²) in [4.78, 5) is 4.38. The average molecular weight is 246 g/mol. The zero-order valence-corrected chi connectivity index (χ0v) is 11.0. The molecule has 96 valence electrons. The number of aromatic nitrogens is 1. The van der Waals surface area contributed by atoms with Gasteiger partial charge >= 0.3 is 0 Å². The standard InChI is InChI=1S/C14H18N2O2/c1-4-8-15-10-7-9-16-14-12(18-3)6-5-11(17-2)13(10)14/h5-7,9H,4,8H2,1-3H3,(H,15,16). The monoisotopic (exact) mass is 246 g/mol. The van der Waals surface area contributed by atoms with Gasteiger partial charge in [-0.1, -0.05) is 6.92 Å². The molecule has 0 amide bonds. The summed E-state index contributed by atoms with van der Waals surface area (Å²) >= 11 is 0. The van der Waals surface area contributed by atoms with E-state index in [1.807, 2.05) is 18.2 Å². The molecule has 4 heteroatoms. The molecule has 1 aromatic carbocycles. The van der Waals surface area contributed by atoms with E-state index in [0.29, 0.717) is 0 Å². The SMILES string of the molecule is CCCNc1ccnc2c(OC)ccc(OC)c12. The predicted molar refractivity (Wildman–Crippen MR) is 73.6 cm³/mol. The summed E-state index contributed by atoms with van der Waals surface area (Å²) < 4.78 is 10.8. The quantitative estimate of drug-likeness (QED) is 0.880. The fourth-order valence-electron chi connectivity index (χ4n) is 1.95. The maximum Gasteiger partial charge on any atom is 0.145 e. The zero-order chi connectivity index (χ0) is 13.0. The second kappa shape index (κ2) is 5.58. The third-order valence-corrected chi connectivity index (χ3v) is 2.82. The highest BCUT2D eigenvalue weighted by molar-refractivity contribution is 5.99. The first kappa shape index (κ1) is 12.5. The smallest absolute Gasteiger partial charge is 0.145 e. The van der Waals surface area contributed by atoms with E-state index in [-0.39, 0.29) is 0 Å². The van der Waals surface area contributed by atoms with Crippen molar-refractivity contribution in [3.63, 3.8) is 0 Å². The lowest BCUT2D eigenvalue weighted by molar-refractivity contribution is 0.410. The number of fused-ring (bicyclic) bond motifs is 1. The first-order chi connectivity index (χ1) is 8.81. The molecule has 0 bridgehead atoms. The van der Waals surface area contributed by atoms with Gasteiger partial charge in [0.15, 0.2) is 0 Å². The number of rotatable bonds is 5. The Bertz CT molecular complexity index is 541. The Balaban J connectivity index is 2.64. The number of nitrogens with one attached hydrogen (secondary N) is 1. The molecule has 0 saturated carbocycles. The molecule has 4 nitrogen and oxygen atoms in total. The zero-order valence-electron chi connectivity index (χ0n) is 11.0. The molecule has 1 heterocycles. The van der Waals surface area contributed by atoms with Gasteiger partial charge in [0, 0.05) is 18.4 Å². The van der Waals surface area contributed by atoms with Crippen molar-refractivity contribution in [2.75, 3.05) is 26.1 Å². The highest BCUT2D eigenvalue weighted by Crippen LogP contribution is 2.36. The fraction of sp³-hybridized carbons (Fsp3) is 0.357. The maximum atomic E-state index is 5.41. The van der Waals surface area contributed by atoms with Crippen molar-refractivity contribution in [1.29, 1.82) is 0 Å². The minimum Gasteiger partial charge on any atom is -0.496 e. The Morgan fingerprint density at radius 1 is 1.11 bits per heavy atom. The summed E-state index contributed by atoms with van der Waals surface area (Å²) in [5.41, 5.74) is 1.84. The number of anilines is 1. The van der Waals surface area contributed by atoms with Crippen LogP contribution in [0.2, 0.25) is 0 Å². The molecule has 0 saturated heterocycles. The van der Waals surface area contributed by atoms with Crippen molar-refractivity contribution in [2.45, 2.75) is 13.3 Å². The van der Waals surface area contributed by atoms with Gasteiger partial charge in [-0.05, 0) is 24.6 Å². The molecule has 0 aliphatic carbocycles. The third-order valence-electron chi connectivity index (χ3n) is 2.82. The summed E-state index contributed by atoms with van der Waals surface area (Å²) in [6.07, 6.45) is 2.85. The van der Waals surface area contributed by atoms with Crippen LogP contribution in [0.3, 0.4) is 0 Å². The summed E-state index contributed by atoms with van der Waals surface area (Å²) in [7, 11) is 3.31. The van der Waals surface area contributed by atoms with Gasteiger partial charge in [-0.25, -0.2) is 0 Å². The topological polar surface area (TPSA) is 43.4 Å². The van der Waals surface area contributed by atoms with Crippen molar-refractivity contribution in [3.8, 4) is 11.5 Å². The van der Waals surface area contributed by atoms with Crippen LogP contribution in [0.25, 0.3) is 10.9 Å². The van der Waals surface area contributed by atoms with Gasteiger partial charge in [0.1, 0.15) is 17.0 Å². The van der Waals surface area contributed by atoms with E-state index in [2.05, 4.69) is 17.2 Å². The molecule has 0 fully saturated rings. The largest absolute Gasteiger partial charge is 0.496 e. The lowest BCUT2D eigenvalue weighted by Gasteiger charge is -2.13. The number of nitrogens with zero attached hydrogens (tertiary/aromatic N) is 1. The Labute approximate surface area is 107 Å². The molecule has 0 aliphatic heterocycles. The first-order valence-electron chi connectivity index (χ1n) is 6.05. The number of hydrogen-bond donors (Lipinski definition) is 1. The summed E-state index contributed by atoms with van der Waals surface area (Å²) in [5.74, 6) is 1.56. The molecule has 2 rings (SSSR count). The number of benzene rings is 1. The van der Waals surface area contributed by atoms with Gasteiger partial charge in [-0.15, -0.1) is 0 Å². The van der Waals surface area contributed by atoms with Crippen LogP contribution in [0, 0.1) is 0 Å². The summed E-state index contributed by atoms with van der Waals surface area (Å²) in [6.45, 7) is 3.05. The van der Waals surface area contributed by atoms with Crippen LogP contribution in [0.15, 0.2) is 24.4 Å². The minimum absolute atomic E-state index is 0.756. The minimum atomic E-state index is 0.756. The molecule has 0 radical (unpaired) electrons. The molecular formula is C14H18N2O2. The molecule has 0 spiro atoms. The third kappa shape index (κ3) is 2.18. The van der Waals surface area contributed by atoms with E-state index >= 15 is 0 Å². The van der Waals surface area contributed by atoms with Crippen LogP contribution in [0.5, 0.6) is 11.5 Å². The van der Waals surface area contributed by atoms with E-state index < -0.39 is 0 Å². The van der Waals surface area contributed by atoms with Crippen molar-refractivity contribution < 1.29 is 9.47 Å². The molecule has 0 atom stereocenters. The van der Waals surface area contributed by atoms with Crippen LogP contribution < -0.4 is 14.8 Å². The molecule has 0 aliphatic rings. The van der Waals surface area contributed by atoms with Crippen LogP contribution >= 0.6 is 0 Å². The van der Waals surface area contributed by atoms with E-state index in [4.69, 9.17) is 9.47 Å². The summed E-state index contributed by atoms with van der Waals surface area (Å²) in [6, 6.07) is 5.73. The fourth-order valence-corrected chi connectivity index (χ4v) is 1.95. The number of pyridine rings is 1. The lowest BCUT2D eigenvalue weighted by atomic mass is 10.1. The van der Waals surface area contributed by atoms with Crippen molar-refractivity contribution in [3.05, 3.63) is 24.4 Å². The van der Waals surface area contributed by atoms with E-state index in [9.17, 15) is 0 Å². The van der Waals surface area contributed by atoms with Crippen molar-refractivity contribution in [1.82, 2.24) is 4.98 Å². The molecular weight excluding hydrogens is 228 g/mol. The molecule has 2 aromatic rings. The molecule has 1 aromatic heterocycles. The first-order valence-corrected chi connectivity index (χ1v) is 6.05. The van der Waals surface area contributed by atoms with Gasteiger partial charge in [0.25, 0.3) is 0 Å². The lowest BCUT2D eigenvalue weighted by Crippen LogP contribution is -2.02. The summed E-state index contributed by atoms with van der Waals surface area (Å²) in [5, 5.41) is 4.35. The van der Waals surface area contributed by atoms with E-state index in [1.165, 1.54) is 0 Å². The van der Waals surface area contributed by atoms with Gasteiger partial charge < -0.3 is 14.8 Å². The Hall–Kier alpha value is -1.97. The second-order valence-electron chi connectivity index (χ2n) is 3.98. The average Bonchev–Trinajstić information content (AvgIpc) is 2.43. The number of ether oxygens (including phenoxy) is 2. The maximum absolute atomic E-state index is 5.41. The molecule has 18 heavy (non-hydrogen) atoms. The highest BCUT2D eigenvalue weighted by Gasteiger charge is 2.11. The number of methoxy groups -OCH3 is 2. The van der Waals surface area contributed by atoms with Crippen LogP contribution in [0.1, 0.15) is 13.3 Å². The molecule has 0 unspecified atom stereocenters. The Kier molecular flexibility index (Phi) is 3.87.